The van der Waals surface area contributed by atoms with Gasteiger partial charge in [0, 0.05) is 51.2 Å². The van der Waals surface area contributed by atoms with Crippen LogP contribution in [0, 0.1) is 0 Å². The van der Waals surface area contributed by atoms with Gasteiger partial charge in [-0.25, -0.2) is 18.1 Å². The lowest BCUT2D eigenvalue weighted by Crippen LogP contribution is -2.37. The molecule has 2 aromatic heterocycles. The van der Waals surface area contributed by atoms with Crippen molar-refractivity contribution in [2.24, 2.45) is 0 Å². The maximum absolute atomic E-state index is 12.8. The molecule has 0 spiro atoms. The molecule has 2 aliphatic rings. The summed E-state index contributed by atoms with van der Waals surface area (Å²) in [6.07, 6.45) is -1.30. The van der Waals surface area contributed by atoms with Gasteiger partial charge in [0.2, 0.25) is 10.0 Å². The van der Waals surface area contributed by atoms with E-state index in [0.717, 1.165) is 6.07 Å². The number of alkyl halides is 3. The molecule has 2 fully saturated rings. The van der Waals surface area contributed by atoms with Crippen molar-refractivity contribution in [3.8, 4) is 0 Å². The van der Waals surface area contributed by atoms with Gasteiger partial charge in [0.05, 0.1) is 13.2 Å². The molecule has 2 aliphatic heterocycles. The van der Waals surface area contributed by atoms with E-state index in [4.69, 9.17) is 4.74 Å². The molecule has 12 heteroatoms. The molecule has 32 heavy (non-hydrogen) atoms. The maximum atomic E-state index is 12.8. The van der Waals surface area contributed by atoms with Crippen LogP contribution >= 0.6 is 0 Å². The molecule has 1 N–H and O–H groups in total. The highest BCUT2D eigenvalue weighted by atomic mass is 32.2. The standard InChI is InChI=1S/C20H24F3N5O3S/c21-20(22,23)18-3-1-15(11-24-18)13-27-6-5-16(14-27)26-32(29,30)17-2-4-19(25-12-17)28-7-9-31-10-8-28/h1-4,11-12,16,26H,5-10,13-14H2/t16-/m1/s1. The van der Waals surface area contributed by atoms with Gasteiger partial charge in [0.15, 0.2) is 0 Å². The number of nitrogens with zero attached hydrogens (tertiary/aromatic N) is 4. The van der Waals surface area contributed by atoms with Crippen LogP contribution < -0.4 is 9.62 Å². The summed E-state index contributed by atoms with van der Waals surface area (Å²) in [5.74, 6) is 0.712. The summed E-state index contributed by atoms with van der Waals surface area (Å²) in [7, 11) is -3.73. The first kappa shape index (κ1) is 22.9. The minimum atomic E-state index is -4.47. The number of morpholine rings is 1. The fraction of sp³-hybridized carbons (Fsp3) is 0.500. The van der Waals surface area contributed by atoms with E-state index in [0.29, 0.717) is 63.7 Å². The molecule has 0 radical (unpaired) electrons. The third kappa shape index (κ3) is 5.55. The predicted octanol–water partition coefficient (Wildman–Crippen LogP) is 1.88. The Morgan fingerprint density at radius 1 is 1.06 bits per heavy atom. The van der Waals surface area contributed by atoms with Crippen LogP contribution in [0.3, 0.4) is 0 Å². The second kappa shape index (κ2) is 9.30. The van der Waals surface area contributed by atoms with E-state index in [1.54, 1.807) is 12.1 Å². The van der Waals surface area contributed by atoms with Gasteiger partial charge in [-0.1, -0.05) is 6.07 Å². The van der Waals surface area contributed by atoms with Crippen LogP contribution in [0.1, 0.15) is 17.7 Å². The summed E-state index contributed by atoms with van der Waals surface area (Å²) in [6, 6.07) is 5.30. The van der Waals surface area contributed by atoms with Crippen LogP contribution in [-0.2, 0) is 27.5 Å². The molecule has 0 bridgehead atoms. The van der Waals surface area contributed by atoms with Crippen LogP contribution in [0.25, 0.3) is 0 Å². The molecule has 0 saturated carbocycles. The van der Waals surface area contributed by atoms with Gasteiger partial charge in [-0.05, 0) is 30.2 Å². The molecule has 8 nitrogen and oxygen atoms in total. The van der Waals surface area contributed by atoms with Crippen LogP contribution in [0.2, 0.25) is 0 Å². The molecule has 0 aromatic carbocycles. The van der Waals surface area contributed by atoms with Crippen molar-refractivity contribution in [1.29, 1.82) is 0 Å². The van der Waals surface area contributed by atoms with Gasteiger partial charge < -0.3 is 9.64 Å². The highest BCUT2D eigenvalue weighted by molar-refractivity contribution is 7.89. The predicted molar refractivity (Wildman–Crippen MR) is 111 cm³/mol. The highest BCUT2D eigenvalue weighted by Gasteiger charge is 2.32. The third-order valence-corrected chi connectivity index (χ3v) is 6.99. The van der Waals surface area contributed by atoms with E-state index in [2.05, 4.69) is 14.7 Å². The molecule has 1 atom stereocenters. The molecule has 0 amide bonds. The number of pyridine rings is 2. The fourth-order valence-electron chi connectivity index (χ4n) is 3.81. The van der Waals surface area contributed by atoms with Gasteiger partial charge in [0.1, 0.15) is 16.4 Å². The second-order valence-corrected chi connectivity index (χ2v) is 9.56. The summed E-state index contributed by atoms with van der Waals surface area (Å²) in [6.45, 7) is 4.14. The number of rotatable bonds is 6. The Morgan fingerprint density at radius 3 is 2.47 bits per heavy atom. The monoisotopic (exact) mass is 471 g/mol. The van der Waals surface area contributed by atoms with E-state index in [9.17, 15) is 21.6 Å². The van der Waals surface area contributed by atoms with E-state index in [-0.39, 0.29) is 10.9 Å². The zero-order chi connectivity index (χ0) is 22.8. The molecule has 2 aromatic rings. The summed E-state index contributed by atoms with van der Waals surface area (Å²) in [5.41, 5.74) is -0.286. The van der Waals surface area contributed by atoms with Crippen molar-refractivity contribution in [3.63, 3.8) is 0 Å². The smallest absolute Gasteiger partial charge is 0.378 e. The lowest BCUT2D eigenvalue weighted by Gasteiger charge is -2.27. The zero-order valence-electron chi connectivity index (χ0n) is 17.3. The van der Waals surface area contributed by atoms with E-state index in [1.165, 1.54) is 18.5 Å². The Bertz CT molecular complexity index is 1010. The molecular formula is C20H24F3N5O3S. The molecule has 0 unspecified atom stereocenters. The summed E-state index contributed by atoms with van der Waals surface area (Å²) in [5, 5.41) is 0. The lowest BCUT2D eigenvalue weighted by molar-refractivity contribution is -0.141. The van der Waals surface area contributed by atoms with E-state index < -0.39 is 21.9 Å². The van der Waals surface area contributed by atoms with Crippen molar-refractivity contribution in [1.82, 2.24) is 19.6 Å². The Labute approximate surface area is 184 Å². The van der Waals surface area contributed by atoms with Crippen molar-refractivity contribution >= 4 is 15.8 Å². The average Bonchev–Trinajstić information content (AvgIpc) is 3.20. The maximum Gasteiger partial charge on any atom is 0.433 e. The van der Waals surface area contributed by atoms with Crippen molar-refractivity contribution in [2.45, 2.75) is 30.1 Å². The number of nitrogens with one attached hydrogen (secondary N) is 1. The summed E-state index contributed by atoms with van der Waals surface area (Å²) in [4.78, 5) is 11.9. The first-order chi connectivity index (χ1) is 15.2. The fourth-order valence-corrected chi connectivity index (χ4v) is 5.02. The quantitative estimate of drug-likeness (QED) is 0.689. The Kier molecular flexibility index (Phi) is 6.65. The van der Waals surface area contributed by atoms with Crippen LogP contribution in [0.15, 0.2) is 41.6 Å². The number of sulfonamides is 1. The lowest BCUT2D eigenvalue weighted by atomic mass is 10.2. The number of aromatic nitrogens is 2. The van der Waals surface area contributed by atoms with Crippen LogP contribution in [0.4, 0.5) is 19.0 Å². The average molecular weight is 472 g/mol. The third-order valence-electron chi connectivity index (χ3n) is 5.48. The topological polar surface area (TPSA) is 87.7 Å². The molecular weight excluding hydrogens is 447 g/mol. The largest absolute Gasteiger partial charge is 0.433 e. The number of anilines is 1. The van der Waals surface area contributed by atoms with Gasteiger partial charge >= 0.3 is 6.18 Å². The first-order valence-electron chi connectivity index (χ1n) is 10.3. The molecule has 174 valence electrons. The number of halogens is 3. The van der Waals surface area contributed by atoms with E-state index >= 15 is 0 Å². The molecule has 4 heterocycles. The Hall–Kier alpha value is -2.28. The van der Waals surface area contributed by atoms with Gasteiger partial charge in [0.25, 0.3) is 0 Å². The van der Waals surface area contributed by atoms with Crippen molar-refractivity contribution in [2.75, 3.05) is 44.3 Å². The second-order valence-electron chi connectivity index (χ2n) is 7.84. The van der Waals surface area contributed by atoms with Crippen molar-refractivity contribution < 1.29 is 26.3 Å². The van der Waals surface area contributed by atoms with E-state index in [1.807, 2.05) is 9.80 Å². The zero-order valence-corrected chi connectivity index (χ0v) is 18.1. The minimum absolute atomic E-state index is 0.0971. The Morgan fingerprint density at radius 2 is 1.84 bits per heavy atom. The van der Waals surface area contributed by atoms with Crippen LogP contribution in [-0.4, -0.2) is 68.7 Å². The van der Waals surface area contributed by atoms with Crippen LogP contribution in [0.5, 0.6) is 0 Å². The summed E-state index contributed by atoms with van der Waals surface area (Å²) < 4.78 is 71.4. The highest BCUT2D eigenvalue weighted by Crippen LogP contribution is 2.27. The van der Waals surface area contributed by atoms with Gasteiger partial charge in [-0.15, -0.1) is 0 Å². The van der Waals surface area contributed by atoms with Gasteiger partial charge in [-0.2, -0.15) is 13.2 Å². The van der Waals surface area contributed by atoms with Gasteiger partial charge in [-0.3, -0.25) is 9.88 Å². The molecule has 2 saturated heterocycles. The number of ether oxygens (including phenoxy) is 1. The first-order valence-corrected chi connectivity index (χ1v) is 11.7. The normalized spacial score (nSPS) is 20.6. The molecule has 0 aliphatic carbocycles. The van der Waals surface area contributed by atoms with Crippen molar-refractivity contribution in [3.05, 3.63) is 47.9 Å². The minimum Gasteiger partial charge on any atom is -0.378 e. The Balaban J connectivity index is 1.32. The number of hydrogen-bond acceptors (Lipinski definition) is 7. The number of likely N-dealkylation sites (tertiary alicyclic amines) is 1. The summed E-state index contributed by atoms with van der Waals surface area (Å²) >= 11 is 0. The SMILES string of the molecule is O=S(=O)(N[C@@H]1CCN(Cc2ccc(C(F)(F)F)nc2)C1)c1ccc(N2CCOCC2)nc1. The molecule has 4 rings (SSSR count). The number of hydrogen-bond donors (Lipinski definition) is 1.